The van der Waals surface area contributed by atoms with Crippen LogP contribution in [0.2, 0.25) is 5.02 Å². The Labute approximate surface area is 134 Å². The molecule has 7 heteroatoms. The third-order valence-corrected chi connectivity index (χ3v) is 5.56. The quantitative estimate of drug-likeness (QED) is 0.768. The molecule has 1 aliphatic rings. The number of piperidine rings is 1. The monoisotopic (exact) mass is 349 g/mol. The van der Waals surface area contributed by atoms with Crippen molar-refractivity contribution < 1.29 is 13.2 Å². The van der Waals surface area contributed by atoms with Crippen molar-refractivity contribution in [1.82, 2.24) is 4.90 Å². The van der Waals surface area contributed by atoms with Crippen LogP contribution in [0, 0.1) is 12.8 Å². The van der Waals surface area contributed by atoms with Gasteiger partial charge in [0, 0.05) is 34.4 Å². The minimum absolute atomic E-state index is 0.106. The molecular formula is C14H17Cl2NO3S. The average Bonchev–Trinajstić information content (AvgIpc) is 2.40. The molecule has 0 unspecified atom stereocenters. The summed E-state index contributed by atoms with van der Waals surface area (Å²) in [5.41, 5.74) is 0.648. The first-order chi connectivity index (χ1) is 9.70. The number of benzene rings is 1. The molecule has 116 valence electrons. The molecule has 0 radical (unpaired) electrons. The van der Waals surface area contributed by atoms with Crippen molar-refractivity contribution >= 4 is 37.2 Å². The van der Waals surface area contributed by atoms with Crippen molar-refractivity contribution in [3.8, 4) is 0 Å². The lowest BCUT2D eigenvalue weighted by Crippen LogP contribution is -2.38. The maximum atomic E-state index is 12.6. The number of carbonyl (C=O) groups is 1. The number of carbonyl (C=O) groups excluding carboxylic acids is 1. The normalized spacial score (nSPS) is 17.0. The summed E-state index contributed by atoms with van der Waals surface area (Å²) in [6.07, 6.45) is 1.90. The molecule has 0 aliphatic carbocycles. The van der Waals surface area contributed by atoms with Crippen LogP contribution in [0.1, 0.15) is 35.7 Å². The molecule has 21 heavy (non-hydrogen) atoms. The van der Waals surface area contributed by atoms with Gasteiger partial charge in [-0.05, 0) is 43.4 Å². The summed E-state index contributed by atoms with van der Waals surface area (Å²) >= 11 is 5.94. The van der Waals surface area contributed by atoms with Gasteiger partial charge in [0.2, 0.25) is 0 Å². The molecule has 0 saturated carbocycles. The van der Waals surface area contributed by atoms with Crippen molar-refractivity contribution in [3.63, 3.8) is 0 Å². The van der Waals surface area contributed by atoms with Crippen LogP contribution < -0.4 is 0 Å². The Morgan fingerprint density at radius 1 is 1.29 bits per heavy atom. The smallest absolute Gasteiger partial charge is 0.261 e. The van der Waals surface area contributed by atoms with E-state index in [4.69, 9.17) is 22.3 Å². The molecule has 2 rings (SSSR count). The van der Waals surface area contributed by atoms with Gasteiger partial charge in [-0.15, -0.1) is 0 Å². The lowest BCUT2D eigenvalue weighted by atomic mass is 9.98. The Morgan fingerprint density at radius 3 is 2.38 bits per heavy atom. The second-order valence-electron chi connectivity index (χ2n) is 5.49. The zero-order chi connectivity index (χ0) is 15.8. The van der Waals surface area contributed by atoms with Crippen molar-refractivity contribution in [2.24, 2.45) is 5.92 Å². The number of hydrogen-bond acceptors (Lipinski definition) is 3. The molecule has 1 saturated heterocycles. The molecule has 1 aromatic rings. The van der Waals surface area contributed by atoms with Crippen LogP contribution >= 0.6 is 22.3 Å². The van der Waals surface area contributed by atoms with E-state index in [0.717, 1.165) is 12.8 Å². The molecule has 1 aliphatic heterocycles. The van der Waals surface area contributed by atoms with Gasteiger partial charge in [0.1, 0.15) is 0 Å². The summed E-state index contributed by atoms with van der Waals surface area (Å²) < 4.78 is 23.2. The van der Waals surface area contributed by atoms with Crippen molar-refractivity contribution in [2.45, 2.75) is 31.6 Å². The van der Waals surface area contributed by atoms with Gasteiger partial charge in [-0.3, -0.25) is 4.79 Å². The predicted octanol–water partition coefficient (Wildman–Crippen LogP) is 3.45. The Balaban J connectivity index is 2.40. The van der Waals surface area contributed by atoms with E-state index >= 15 is 0 Å². The van der Waals surface area contributed by atoms with E-state index in [-0.39, 0.29) is 15.8 Å². The lowest BCUT2D eigenvalue weighted by Gasteiger charge is -2.31. The first kappa shape index (κ1) is 16.6. The first-order valence-electron chi connectivity index (χ1n) is 6.74. The number of halogens is 2. The number of likely N-dealkylation sites (tertiary alicyclic amines) is 1. The van der Waals surface area contributed by atoms with Gasteiger partial charge >= 0.3 is 0 Å². The van der Waals surface area contributed by atoms with Crippen LogP contribution in [0.25, 0.3) is 0 Å². The van der Waals surface area contributed by atoms with E-state index < -0.39 is 9.05 Å². The maximum Gasteiger partial charge on any atom is 0.261 e. The third-order valence-electron chi connectivity index (χ3n) is 3.89. The molecule has 1 amide bonds. The van der Waals surface area contributed by atoms with Crippen LogP contribution in [0.3, 0.4) is 0 Å². The summed E-state index contributed by atoms with van der Waals surface area (Å²) in [4.78, 5) is 14.2. The number of amides is 1. The molecule has 0 aromatic heterocycles. The molecular weight excluding hydrogens is 333 g/mol. The number of nitrogens with zero attached hydrogens (tertiary/aromatic N) is 1. The molecule has 0 N–H and O–H groups in total. The number of rotatable bonds is 2. The minimum atomic E-state index is -3.93. The summed E-state index contributed by atoms with van der Waals surface area (Å²) in [7, 11) is 1.47. The molecule has 0 atom stereocenters. The highest BCUT2D eigenvalue weighted by molar-refractivity contribution is 8.13. The number of hydrogen-bond donors (Lipinski definition) is 0. The standard InChI is InChI=1S/C14H17Cl2NO3S/c1-9-3-5-17(6-4-9)14(18)12-7-11(15)8-13(10(12)2)21(16,19)20/h7-9H,3-6H2,1-2H3. The lowest BCUT2D eigenvalue weighted by molar-refractivity contribution is 0.0696. The van der Waals surface area contributed by atoms with Crippen LogP contribution in [0.5, 0.6) is 0 Å². The van der Waals surface area contributed by atoms with E-state index in [1.54, 1.807) is 11.8 Å². The SMILES string of the molecule is Cc1c(C(=O)N2CCC(C)CC2)cc(Cl)cc1S(=O)(=O)Cl. The van der Waals surface area contributed by atoms with Gasteiger partial charge in [0.15, 0.2) is 0 Å². The Morgan fingerprint density at radius 2 is 1.86 bits per heavy atom. The van der Waals surface area contributed by atoms with E-state index in [9.17, 15) is 13.2 Å². The highest BCUT2D eigenvalue weighted by Gasteiger charge is 2.26. The Kier molecular flexibility index (Phi) is 4.85. The van der Waals surface area contributed by atoms with E-state index in [1.165, 1.54) is 12.1 Å². The van der Waals surface area contributed by atoms with E-state index in [2.05, 4.69) is 6.92 Å². The van der Waals surface area contributed by atoms with Crippen LogP contribution in [-0.4, -0.2) is 32.3 Å². The van der Waals surface area contributed by atoms with Gasteiger partial charge < -0.3 is 4.90 Å². The van der Waals surface area contributed by atoms with Crippen molar-refractivity contribution in [1.29, 1.82) is 0 Å². The second-order valence-corrected chi connectivity index (χ2v) is 8.46. The summed E-state index contributed by atoms with van der Waals surface area (Å²) in [6, 6.07) is 2.77. The minimum Gasteiger partial charge on any atom is -0.339 e. The van der Waals surface area contributed by atoms with Gasteiger partial charge in [0.25, 0.3) is 15.0 Å². The fourth-order valence-corrected chi connectivity index (χ4v) is 4.02. The zero-order valence-corrected chi connectivity index (χ0v) is 14.2. The van der Waals surface area contributed by atoms with Gasteiger partial charge in [-0.2, -0.15) is 0 Å². The van der Waals surface area contributed by atoms with Crippen molar-refractivity contribution in [3.05, 3.63) is 28.3 Å². The Hall–Kier alpha value is -0.780. The fourth-order valence-electron chi connectivity index (χ4n) is 2.51. The fraction of sp³-hybridized carbons (Fsp3) is 0.500. The van der Waals surface area contributed by atoms with Crippen molar-refractivity contribution in [2.75, 3.05) is 13.1 Å². The average molecular weight is 350 g/mol. The summed E-state index contributed by atoms with van der Waals surface area (Å²) in [5.74, 6) is 0.414. The topological polar surface area (TPSA) is 54.5 Å². The predicted molar refractivity (Wildman–Crippen MR) is 83.5 cm³/mol. The molecule has 0 bridgehead atoms. The molecule has 1 fully saturated rings. The maximum absolute atomic E-state index is 12.6. The third kappa shape index (κ3) is 3.71. The van der Waals surface area contributed by atoms with Crippen LogP contribution in [0.15, 0.2) is 17.0 Å². The summed E-state index contributed by atoms with van der Waals surface area (Å²) in [5, 5.41) is 0.188. The van der Waals surface area contributed by atoms with Crippen LogP contribution in [-0.2, 0) is 9.05 Å². The summed E-state index contributed by atoms with van der Waals surface area (Å²) in [6.45, 7) is 5.08. The van der Waals surface area contributed by atoms with Crippen LogP contribution in [0.4, 0.5) is 0 Å². The van der Waals surface area contributed by atoms with E-state index in [1.807, 2.05) is 0 Å². The molecule has 0 spiro atoms. The Bertz CT molecular complexity index is 665. The van der Waals surface area contributed by atoms with Gasteiger partial charge in [-0.25, -0.2) is 8.42 Å². The second kappa shape index (κ2) is 6.15. The zero-order valence-electron chi connectivity index (χ0n) is 11.9. The highest BCUT2D eigenvalue weighted by Crippen LogP contribution is 2.28. The first-order valence-corrected chi connectivity index (χ1v) is 9.43. The van der Waals surface area contributed by atoms with Gasteiger partial charge in [0.05, 0.1) is 4.90 Å². The molecule has 1 aromatic carbocycles. The molecule has 4 nitrogen and oxygen atoms in total. The van der Waals surface area contributed by atoms with E-state index in [0.29, 0.717) is 30.1 Å². The highest BCUT2D eigenvalue weighted by atomic mass is 35.7. The van der Waals surface area contributed by atoms with Gasteiger partial charge in [-0.1, -0.05) is 18.5 Å². The largest absolute Gasteiger partial charge is 0.339 e. The molecule has 1 heterocycles.